The molecule has 1 saturated heterocycles. The van der Waals surface area contributed by atoms with Crippen LogP contribution >= 0.6 is 0 Å². The summed E-state index contributed by atoms with van der Waals surface area (Å²) in [5, 5.41) is 13.2. The van der Waals surface area contributed by atoms with Crippen molar-refractivity contribution in [3.05, 3.63) is 34.4 Å². The Bertz CT molecular complexity index is 416. The van der Waals surface area contributed by atoms with Crippen LogP contribution in [0.15, 0.2) is 24.3 Å². The van der Waals surface area contributed by atoms with Crippen molar-refractivity contribution in [3.63, 3.8) is 0 Å². The third-order valence-electron chi connectivity index (χ3n) is 2.45. The van der Waals surface area contributed by atoms with Gasteiger partial charge < -0.3 is 5.32 Å². The minimum absolute atomic E-state index is 0.0289. The number of nitrogens with one attached hydrogen (secondary N) is 1. The van der Waals surface area contributed by atoms with Gasteiger partial charge in [-0.2, -0.15) is 0 Å². The third kappa shape index (κ3) is 1.95. The van der Waals surface area contributed by atoms with E-state index in [4.69, 9.17) is 0 Å². The molecule has 0 saturated carbocycles. The summed E-state index contributed by atoms with van der Waals surface area (Å²) in [5.74, 6) is 0. The van der Waals surface area contributed by atoms with Gasteiger partial charge in [0.2, 0.25) is 0 Å². The van der Waals surface area contributed by atoms with E-state index in [1.165, 1.54) is 12.1 Å². The summed E-state index contributed by atoms with van der Waals surface area (Å²) >= 11 is 0. The highest BCUT2D eigenvalue weighted by atomic mass is 16.6. The topological polar surface area (TPSA) is 75.5 Å². The van der Waals surface area contributed by atoms with Gasteiger partial charge in [-0.25, -0.2) is 4.79 Å². The third-order valence-corrected chi connectivity index (χ3v) is 2.45. The maximum absolute atomic E-state index is 11.5. The van der Waals surface area contributed by atoms with Gasteiger partial charge in [-0.05, 0) is 18.6 Å². The summed E-state index contributed by atoms with van der Waals surface area (Å²) in [6.45, 7) is 1.33. The number of carbonyl (C=O) groups is 1. The molecule has 1 aliphatic rings. The Labute approximate surface area is 92.0 Å². The second-order valence-corrected chi connectivity index (χ2v) is 3.51. The van der Waals surface area contributed by atoms with Gasteiger partial charge in [0.1, 0.15) is 0 Å². The molecule has 1 heterocycles. The van der Waals surface area contributed by atoms with E-state index in [0.717, 1.165) is 6.42 Å². The van der Waals surface area contributed by atoms with Gasteiger partial charge in [-0.15, -0.1) is 0 Å². The number of carbonyl (C=O) groups excluding carboxylic acids is 1. The minimum Gasteiger partial charge on any atom is -0.338 e. The Balaban J connectivity index is 2.20. The molecule has 2 amide bonds. The van der Waals surface area contributed by atoms with Gasteiger partial charge in [-0.1, -0.05) is 0 Å². The molecule has 0 bridgehead atoms. The number of nitro benzene ring substituents is 1. The lowest BCUT2D eigenvalue weighted by Gasteiger charge is -2.27. The Morgan fingerprint density at radius 2 is 2.00 bits per heavy atom. The first-order chi connectivity index (χ1) is 7.68. The lowest BCUT2D eigenvalue weighted by Crippen LogP contribution is -2.46. The standard InChI is InChI=1S/C10H11N3O3/c14-10-11-6-1-7-12(10)8-2-4-9(5-3-8)13(15)16/h2-5H,1,6-7H2,(H,11,14). The number of non-ortho nitro benzene ring substituents is 1. The highest BCUT2D eigenvalue weighted by molar-refractivity contribution is 5.92. The fourth-order valence-corrected chi connectivity index (χ4v) is 1.63. The van der Waals surface area contributed by atoms with Crippen LogP contribution in [0.3, 0.4) is 0 Å². The van der Waals surface area contributed by atoms with Crippen LogP contribution in [0, 0.1) is 10.1 Å². The first-order valence-corrected chi connectivity index (χ1v) is 4.98. The molecule has 1 aromatic rings. The molecule has 6 nitrogen and oxygen atoms in total. The number of benzene rings is 1. The van der Waals surface area contributed by atoms with Crippen LogP contribution in [0.25, 0.3) is 0 Å². The number of rotatable bonds is 2. The predicted molar refractivity (Wildman–Crippen MR) is 58.5 cm³/mol. The largest absolute Gasteiger partial charge is 0.338 e. The SMILES string of the molecule is O=C1NCCCN1c1ccc([N+](=O)[O-])cc1. The van der Waals surface area contributed by atoms with Crippen LogP contribution in [0.5, 0.6) is 0 Å². The van der Waals surface area contributed by atoms with Crippen LogP contribution in [0.4, 0.5) is 16.2 Å². The van der Waals surface area contributed by atoms with Crippen molar-refractivity contribution >= 4 is 17.4 Å². The monoisotopic (exact) mass is 221 g/mol. The lowest BCUT2D eigenvalue weighted by atomic mass is 10.2. The van der Waals surface area contributed by atoms with Crippen molar-refractivity contribution in [2.45, 2.75) is 6.42 Å². The number of nitrogens with zero attached hydrogens (tertiary/aromatic N) is 2. The van der Waals surface area contributed by atoms with Crippen LogP contribution in [0.2, 0.25) is 0 Å². The molecule has 0 aromatic heterocycles. The molecular formula is C10H11N3O3. The first-order valence-electron chi connectivity index (χ1n) is 4.98. The van der Waals surface area contributed by atoms with Crippen molar-refractivity contribution in [3.8, 4) is 0 Å². The maximum atomic E-state index is 11.5. The molecule has 0 aliphatic carbocycles. The zero-order valence-corrected chi connectivity index (χ0v) is 8.55. The Hall–Kier alpha value is -2.11. The average molecular weight is 221 g/mol. The van der Waals surface area contributed by atoms with Crippen LogP contribution < -0.4 is 10.2 Å². The average Bonchev–Trinajstić information content (AvgIpc) is 2.30. The molecular weight excluding hydrogens is 210 g/mol. The van der Waals surface area contributed by atoms with Gasteiger partial charge in [0.05, 0.1) is 4.92 Å². The number of hydrogen-bond donors (Lipinski definition) is 1. The molecule has 84 valence electrons. The summed E-state index contributed by atoms with van der Waals surface area (Å²) in [6.07, 6.45) is 0.878. The van der Waals surface area contributed by atoms with Gasteiger partial charge in [0, 0.05) is 30.9 Å². The Morgan fingerprint density at radius 1 is 1.31 bits per heavy atom. The normalized spacial score (nSPS) is 15.8. The van der Waals surface area contributed by atoms with Crippen LogP contribution in [0.1, 0.15) is 6.42 Å². The van der Waals surface area contributed by atoms with Gasteiger partial charge in [0.15, 0.2) is 0 Å². The van der Waals surface area contributed by atoms with Crippen molar-refractivity contribution in [1.82, 2.24) is 5.32 Å². The summed E-state index contributed by atoms with van der Waals surface area (Å²) in [5.41, 5.74) is 0.712. The summed E-state index contributed by atoms with van der Waals surface area (Å²) in [6, 6.07) is 5.82. The summed E-state index contributed by atoms with van der Waals surface area (Å²) < 4.78 is 0. The van der Waals surface area contributed by atoms with Crippen molar-refractivity contribution in [2.24, 2.45) is 0 Å². The molecule has 1 aliphatic heterocycles. The molecule has 2 rings (SSSR count). The summed E-state index contributed by atoms with van der Waals surface area (Å²) in [7, 11) is 0. The van der Waals surface area contributed by atoms with E-state index in [-0.39, 0.29) is 11.7 Å². The number of urea groups is 1. The molecule has 0 radical (unpaired) electrons. The molecule has 6 heteroatoms. The quantitative estimate of drug-likeness (QED) is 0.607. The van der Waals surface area contributed by atoms with Crippen molar-refractivity contribution < 1.29 is 9.72 Å². The Morgan fingerprint density at radius 3 is 2.56 bits per heavy atom. The smallest absolute Gasteiger partial charge is 0.321 e. The lowest BCUT2D eigenvalue weighted by molar-refractivity contribution is -0.384. The molecule has 0 unspecified atom stereocenters. The number of amides is 2. The van der Waals surface area contributed by atoms with E-state index in [0.29, 0.717) is 18.8 Å². The second-order valence-electron chi connectivity index (χ2n) is 3.51. The van der Waals surface area contributed by atoms with Gasteiger partial charge in [0.25, 0.3) is 5.69 Å². The number of nitro groups is 1. The molecule has 1 N–H and O–H groups in total. The summed E-state index contributed by atoms with van der Waals surface area (Å²) in [4.78, 5) is 23.1. The minimum atomic E-state index is -0.458. The van der Waals surface area contributed by atoms with E-state index in [9.17, 15) is 14.9 Å². The zero-order valence-electron chi connectivity index (χ0n) is 8.55. The van der Waals surface area contributed by atoms with Gasteiger partial charge in [-0.3, -0.25) is 15.0 Å². The van der Waals surface area contributed by atoms with E-state index >= 15 is 0 Å². The predicted octanol–water partition coefficient (Wildman–Crippen LogP) is 1.51. The molecule has 1 aromatic carbocycles. The first kappa shape index (κ1) is 10.4. The van der Waals surface area contributed by atoms with Gasteiger partial charge >= 0.3 is 6.03 Å². The second kappa shape index (κ2) is 4.18. The fourth-order valence-electron chi connectivity index (χ4n) is 1.63. The fraction of sp³-hybridized carbons (Fsp3) is 0.300. The van der Waals surface area contributed by atoms with Crippen molar-refractivity contribution in [2.75, 3.05) is 18.0 Å². The van der Waals surface area contributed by atoms with Crippen LogP contribution in [-0.4, -0.2) is 24.0 Å². The van der Waals surface area contributed by atoms with E-state index in [1.807, 2.05) is 0 Å². The molecule has 16 heavy (non-hydrogen) atoms. The van der Waals surface area contributed by atoms with Crippen LogP contribution in [-0.2, 0) is 0 Å². The molecule has 1 fully saturated rings. The highest BCUT2D eigenvalue weighted by Gasteiger charge is 2.19. The number of hydrogen-bond acceptors (Lipinski definition) is 3. The highest BCUT2D eigenvalue weighted by Crippen LogP contribution is 2.20. The zero-order chi connectivity index (χ0) is 11.5. The number of anilines is 1. The van der Waals surface area contributed by atoms with E-state index < -0.39 is 4.92 Å². The van der Waals surface area contributed by atoms with E-state index in [1.54, 1.807) is 17.0 Å². The molecule has 0 spiro atoms. The maximum Gasteiger partial charge on any atom is 0.321 e. The van der Waals surface area contributed by atoms with Crippen molar-refractivity contribution in [1.29, 1.82) is 0 Å². The molecule has 0 atom stereocenters. The van der Waals surface area contributed by atoms with E-state index in [2.05, 4.69) is 5.32 Å². The Kier molecular flexibility index (Phi) is 2.72.